The van der Waals surface area contributed by atoms with E-state index in [4.69, 9.17) is 21.4 Å². The molecule has 3 heterocycles. The van der Waals surface area contributed by atoms with Crippen LogP contribution in [0.25, 0.3) is 11.3 Å². The van der Waals surface area contributed by atoms with Gasteiger partial charge in [-0.05, 0) is 66.8 Å². The Kier molecular flexibility index (Phi) is 7.65. The molecule has 4 aromatic rings. The van der Waals surface area contributed by atoms with Gasteiger partial charge < -0.3 is 24.7 Å². The number of carbonyl (C=O) groups is 1. The van der Waals surface area contributed by atoms with Crippen molar-refractivity contribution >= 4 is 50.5 Å². The number of ether oxygens (including phenoxy) is 1. The summed E-state index contributed by atoms with van der Waals surface area (Å²) in [6, 6.07) is 18.8. The maximum Gasteiger partial charge on any atom is 0.229 e. The summed E-state index contributed by atoms with van der Waals surface area (Å²) in [5, 5.41) is 6.78. The lowest BCUT2D eigenvalue weighted by molar-refractivity contribution is -0.123. The first-order valence-electron chi connectivity index (χ1n) is 12.6. The number of hydrogen-bond acceptors (Lipinski definition) is 5. The molecule has 1 fully saturated rings. The molecule has 0 radical (unpaired) electrons. The number of carbonyl (C=O) groups excluding carboxylic acids is 1. The molecule has 2 aromatic carbocycles. The summed E-state index contributed by atoms with van der Waals surface area (Å²) in [6.07, 6.45) is 1.72. The third kappa shape index (κ3) is 5.46. The second-order valence-corrected chi connectivity index (χ2v) is 11.7. The van der Waals surface area contributed by atoms with Gasteiger partial charge in [0, 0.05) is 27.8 Å². The Labute approximate surface area is 245 Å². The lowest BCUT2D eigenvalue weighted by atomic mass is 9.95. The second-order valence-electron chi connectivity index (χ2n) is 10.4. The standard InChI is InChI=1S/C30H28BrFN4O3S/c1-30(2,3)28(37)34-21-11-9-18(16-25(21)38-4)36-27(26(35-29(36)40)22-7-5-6-14-33-22)24-13-12-23(39-24)19-10-8-17(31)15-20(19)32/h5-16,26-27H,1-4H3,(H,34,37)(H,35,40)/t26-,27+/m0/s1. The maximum atomic E-state index is 14.8. The fourth-order valence-corrected chi connectivity index (χ4v) is 5.19. The molecule has 2 atom stereocenters. The normalized spacial score (nSPS) is 17.1. The van der Waals surface area contributed by atoms with Crippen molar-refractivity contribution in [1.82, 2.24) is 10.3 Å². The predicted molar refractivity (Wildman–Crippen MR) is 161 cm³/mol. The fourth-order valence-electron chi connectivity index (χ4n) is 4.51. The number of rotatable bonds is 6. The highest BCUT2D eigenvalue weighted by atomic mass is 79.9. The SMILES string of the molecule is COc1cc(N2C(=S)N[C@@H](c3ccccn3)[C@H]2c2ccc(-c3ccc(Br)cc3F)o2)ccc1NC(=O)C(C)(C)C. The van der Waals surface area contributed by atoms with E-state index in [1.165, 1.54) is 6.07 Å². The minimum absolute atomic E-state index is 0.131. The Morgan fingerprint density at radius 1 is 1.15 bits per heavy atom. The number of amides is 1. The van der Waals surface area contributed by atoms with E-state index in [1.807, 2.05) is 62.1 Å². The number of methoxy groups -OCH3 is 1. The summed E-state index contributed by atoms with van der Waals surface area (Å²) in [5.74, 6) is 0.925. The van der Waals surface area contributed by atoms with Crippen LogP contribution in [0.15, 0.2) is 81.8 Å². The first-order chi connectivity index (χ1) is 19.1. The van der Waals surface area contributed by atoms with Gasteiger partial charge in [-0.1, -0.05) is 42.8 Å². The van der Waals surface area contributed by atoms with E-state index in [2.05, 4.69) is 31.5 Å². The first-order valence-corrected chi connectivity index (χ1v) is 13.8. The summed E-state index contributed by atoms with van der Waals surface area (Å²) in [6.45, 7) is 5.53. The highest BCUT2D eigenvalue weighted by molar-refractivity contribution is 9.10. The molecule has 10 heteroatoms. The zero-order chi connectivity index (χ0) is 28.6. The van der Waals surface area contributed by atoms with Crippen molar-refractivity contribution in [2.75, 3.05) is 17.3 Å². The van der Waals surface area contributed by atoms with E-state index >= 15 is 0 Å². The number of aromatic nitrogens is 1. The Morgan fingerprint density at radius 2 is 1.95 bits per heavy atom. The molecule has 7 nitrogen and oxygen atoms in total. The summed E-state index contributed by atoms with van der Waals surface area (Å²) in [7, 11) is 1.55. The molecule has 1 aliphatic heterocycles. The van der Waals surface area contributed by atoms with E-state index in [0.29, 0.717) is 38.1 Å². The van der Waals surface area contributed by atoms with Crippen molar-refractivity contribution < 1.29 is 18.3 Å². The third-order valence-electron chi connectivity index (χ3n) is 6.61. The third-order valence-corrected chi connectivity index (χ3v) is 7.41. The smallest absolute Gasteiger partial charge is 0.229 e. The van der Waals surface area contributed by atoms with Crippen LogP contribution in [0.4, 0.5) is 15.8 Å². The minimum atomic E-state index is -0.573. The number of furan rings is 1. The monoisotopic (exact) mass is 622 g/mol. The van der Waals surface area contributed by atoms with Crippen LogP contribution in [0.3, 0.4) is 0 Å². The van der Waals surface area contributed by atoms with Gasteiger partial charge in [-0.2, -0.15) is 0 Å². The van der Waals surface area contributed by atoms with E-state index in [9.17, 15) is 9.18 Å². The molecule has 2 aromatic heterocycles. The average Bonchev–Trinajstić information content (AvgIpc) is 3.53. The molecule has 0 aliphatic carbocycles. The lowest BCUT2D eigenvalue weighted by Gasteiger charge is -2.27. The molecule has 1 saturated heterocycles. The molecule has 0 unspecified atom stereocenters. The van der Waals surface area contributed by atoms with E-state index in [-0.39, 0.29) is 11.9 Å². The van der Waals surface area contributed by atoms with E-state index in [0.717, 1.165) is 11.4 Å². The highest BCUT2D eigenvalue weighted by Gasteiger charge is 2.43. The van der Waals surface area contributed by atoms with Gasteiger partial charge in [0.05, 0.1) is 30.1 Å². The molecular weight excluding hydrogens is 595 g/mol. The van der Waals surface area contributed by atoms with Crippen molar-refractivity contribution in [3.8, 4) is 17.1 Å². The van der Waals surface area contributed by atoms with Crippen molar-refractivity contribution in [3.05, 3.63) is 94.7 Å². The Hall–Kier alpha value is -3.76. The van der Waals surface area contributed by atoms with Gasteiger partial charge in [-0.25, -0.2) is 4.39 Å². The van der Waals surface area contributed by atoms with Gasteiger partial charge in [-0.15, -0.1) is 0 Å². The van der Waals surface area contributed by atoms with Crippen molar-refractivity contribution in [3.63, 3.8) is 0 Å². The summed E-state index contributed by atoms with van der Waals surface area (Å²) < 4.78 is 27.3. The molecule has 0 saturated carbocycles. The number of pyridine rings is 1. The quantitative estimate of drug-likeness (QED) is 0.217. The van der Waals surface area contributed by atoms with Crippen molar-refractivity contribution in [1.29, 1.82) is 0 Å². The Bertz CT molecular complexity index is 1570. The van der Waals surface area contributed by atoms with Gasteiger partial charge >= 0.3 is 0 Å². The Balaban J connectivity index is 1.57. The predicted octanol–water partition coefficient (Wildman–Crippen LogP) is 7.41. The highest BCUT2D eigenvalue weighted by Crippen LogP contribution is 2.44. The van der Waals surface area contributed by atoms with Gasteiger partial charge in [0.25, 0.3) is 0 Å². The number of benzene rings is 2. The van der Waals surface area contributed by atoms with Crippen LogP contribution in [0.2, 0.25) is 0 Å². The molecule has 206 valence electrons. The lowest BCUT2D eigenvalue weighted by Crippen LogP contribution is -2.30. The van der Waals surface area contributed by atoms with Crippen LogP contribution in [-0.4, -0.2) is 23.1 Å². The van der Waals surface area contributed by atoms with Crippen LogP contribution >= 0.6 is 28.1 Å². The largest absolute Gasteiger partial charge is 0.494 e. The molecule has 5 rings (SSSR count). The summed E-state index contributed by atoms with van der Waals surface area (Å²) >= 11 is 9.11. The zero-order valence-corrected chi connectivity index (χ0v) is 24.8. The maximum absolute atomic E-state index is 14.8. The number of nitrogens with one attached hydrogen (secondary N) is 2. The van der Waals surface area contributed by atoms with Gasteiger partial charge in [0.1, 0.15) is 29.1 Å². The van der Waals surface area contributed by atoms with E-state index < -0.39 is 17.3 Å². The number of nitrogens with zero attached hydrogens (tertiary/aromatic N) is 2. The summed E-state index contributed by atoms with van der Waals surface area (Å²) in [4.78, 5) is 19.1. The fraction of sp³-hybridized carbons (Fsp3) is 0.233. The van der Waals surface area contributed by atoms with Crippen molar-refractivity contribution in [2.24, 2.45) is 5.41 Å². The molecule has 2 N–H and O–H groups in total. The van der Waals surface area contributed by atoms with Gasteiger partial charge in [-0.3, -0.25) is 9.78 Å². The number of anilines is 2. The van der Waals surface area contributed by atoms with Gasteiger partial charge in [0.15, 0.2) is 5.11 Å². The first kappa shape index (κ1) is 27.8. The van der Waals surface area contributed by atoms with Crippen molar-refractivity contribution in [2.45, 2.75) is 32.9 Å². The van der Waals surface area contributed by atoms with Crippen LogP contribution in [-0.2, 0) is 4.79 Å². The molecule has 1 amide bonds. The molecule has 40 heavy (non-hydrogen) atoms. The summed E-state index contributed by atoms with van der Waals surface area (Å²) in [5.41, 5.74) is 1.82. The number of hydrogen-bond donors (Lipinski definition) is 2. The van der Waals surface area contributed by atoms with Crippen LogP contribution in [0.1, 0.15) is 44.3 Å². The second kappa shape index (κ2) is 11.0. The molecule has 1 aliphatic rings. The van der Waals surface area contributed by atoms with Gasteiger partial charge in [0.2, 0.25) is 5.91 Å². The molecule has 0 bridgehead atoms. The minimum Gasteiger partial charge on any atom is -0.494 e. The van der Waals surface area contributed by atoms with Crippen LogP contribution in [0, 0.1) is 11.2 Å². The molecular formula is C30H28BrFN4O3S. The number of halogens is 2. The van der Waals surface area contributed by atoms with Crippen LogP contribution < -0.4 is 20.3 Å². The van der Waals surface area contributed by atoms with Crippen LogP contribution in [0.5, 0.6) is 5.75 Å². The topological polar surface area (TPSA) is 79.6 Å². The zero-order valence-electron chi connectivity index (χ0n) is 22.4. The average molecular weight is 624 g/mol. The number of thiocarbonyl (C=S) groups is 1. The molecule has 0 spiro atoms. The van der Waals surface area contributed by atoms with E-state index in [1.54, 1.807) is 37.6 Å². The Morgan fingerprint density at radius 3 is 2.62 bits per heavy atom.